The summed E-state index contributed by atoms with van der Waals surface area (Å²) in [6, 6.07) is 10.1. The highest BCUT2D eigenvalue weighted by molar-refractivity contribution is 14.0. The van der Waals surface area contributed by atoms with Gasteiger partial charge in [0, 0.05) is 11.9 Å². The van der Waals surface area contributed by atoms with E-state index in [4.69, 9.17) is 5.73 Å². The first-order valence-corrected chi connectivity index (χ1v) is 7.94. The van der Waals surface area contributed by atoms with E-state index in [1.165, 1.54) is 11.1 Å². The van der Waals surface area contributed by atoms with Crippen LogP contribution in [0.3, 0.4) is 0 Å². The molecular formula is C16H21IN4S. The van der Waals surface area contributed by atoms with Gasteiger partial charge in [-0.2, -0.15) is 0 Å². The number of nitrogens with one attached hydrogen (secondary N) is 1. The van der Waals surface area contributed by atoms with Crippen LogP contribution in [0.25, 0.3) is 0 Å². The lowest BCUT2D eigenvalue weighted by molar-refractivity contribution is 1.01. The minimum absolute atomic E-state index is 0. The number of anilines is 1. The highest BCUT2D eigenvalue weighted by atomic mass is 127. The van der Waals surface area contributed by atoms with Gasteiger partial charge in [0.25, 0.3) is 0 Å². The van der Waals surface area contributed by atoms with Crippen LogP contribution in [0.15, 0.2) is 46.5 Å². The lowest BCUT2D eigenvalue weighted by atomic mass is 10.1. The summed E-state index contributed by atoms with van der Waals surface area (Å²) >= 11 is 1.62. The number of hydrogen-bond acceptors (Lipinski definition) is 3. The van der Waals surface area contributed by atoms with Crippen LogP contribution in [0.5, 0.6) is 0 Å². The third-order valence-corrected chi connectivity index (χ3v) is 3.86. The molecule has 0 saturated heterocycles. The summed E-state index contributed by atoms with van der Waals surface area (Å²) in [6.07, 6.45) is 3.80. The fourth-order valence-corrected chi connectivity index (χ4v) is 2.28. The number of hydrogen-bond donors (Lipinski definition) is 2. The molecule has 0 aliphatic rings. The van der Waals surface area contributed by atoms with Crippen molar-refractivity contribution in [1.82, 2.24) is 4.98 Å². The normalized spacial score (nSPS) is 11.0. The van der Waals surface area contributed by atoms with Crippen molar-refractivity contribution < 1.29 is 0 Å². The van der Waals surface area contributed by atoms with E-state index in [0.29, 0.717) is 12.5 Å². The Morgan fingerprint density at radius 3 is 2.68 bits per heavy atom. The second-order valence-corrected chi connectivity index (χ2v) is 5.66. The molecule has 1 heterocycles. The third-order valence-electron chi connectivity index (χ3n) is 3.22. The standard InChI is InChI=1S/C16H20N4S.HI/c1-11-4-5-14(8-12(11)2)20-16(17)19-10-13-6-7-18-15(9-13)21-3;/h4-9H,10H2,1-3H3,(H3,17,19,20);1H. The Labute approximate surface area is 153 Å². The van der Waals surface area contributed by atoms with Crippen molar-refractivity contribution in [3.05, 3.63) is 53.2 Å². The molecule has 6 heteroatoms. The highest BCUT2D eigenvalue weighted by Crippen LogP contribution is 2.15. The van der Waals surface area contributed by atoms with Gasteiger partial charge in [0.1, 0.15) is 0 Å². The smallest absolute Gasteiger partial charge is 0.193 e. The number of pyridine rings is 1. The predicted molar refractivity (Wildman–Crippen MR) is 106 cm³/mol. The Kier molecular flexibility index (Phi) is 7.67. The summed E-state index contributed by atoms with van der Waals surface area (Å²) in [4.78, 5) is 8.60. The van der Waals surface area contributed by atoms with Gasteiger partial charge in [0.15, 0.2) is 5.96 Å². The van der Waals surface area contributed by atoms with Crippen molar-refractivity contribution in [2.24, 2.45) is 10.7 Å². The Bertz CT molecular complexity index is 658. The minimum atomic E-state index is 0. The maximum atomic E-state index is 5.93. The fourth-order valence-electron chi connectivity index (χ4n) is 1.84. The van der Waals surface area contributed by atoms with Crippen LogP contribution in [0.4, 0.5) is 5.69 Å². The molecule has 0 amide bonds. The molecule has 1 aromatic carbocycles. The summed E-state index contributed by atoms with van der Waals surface area (Å²) in [5.74, 6) is 0.417. The van der Waals surface area contributed by atoms with Crippen molar-refractivity contribution in [3.63, 3.8) is 0 Å². The van der Waals surface area contributed by atoms with Gasteiger partial charge in [-0.15, -0.1) is 35.7 Å². The molecule has 0 atom stereocenters. The summed E-state index contributed by atoms with van der Waals surface area (Å²) in [6.45, 7) is 4.71. The molecule has 0 unspecified atom stereocenters. The summed E-state index contributed by atoms with van der Waals surface area (Å²) in [5.41, 5.74) is 10.5. The number of nitrogens with two attached hydrogens (primary N) is 1. The molecule has 0 aliphatic heterocycles. The molecule has 4 nitrogen and oxygen atoms in total. The molecule has 2 aromatic rings. The van der Waals surface area contributed by atoms with Crippen LogP contribution in [0.1, 0.15) is 16.7 Å². The number of nitrogens with zero attached hydrogens (tertiary/aromatic N) is 2. The van der Waals surface area contributed by atoms with E-state index in [0.717, 1.165) is 16.3 Å². The van der Waals surface area contributed by atoms with E-state index in [1.54, 1.807) is 18.0 Å². The Balaban J connectivity index is 0.00000242. The van der Waals surface area contributed by atoms with E-state index in [9.17, 15) is 0 Å². The van der Waals surface area contributed by atoms with Crippen LogP contribution >= 0.6 is 35.7 Å². The highest BCUT2D eigenvalue weighted by Gasteiger charge is 1.99. The summed E-state index contributed by atoms with van der Waals surface area (Å²) < 4.78 is 0. The molecule has 22 heavy (non-hydrogen) atoms. The lowest BCUT2D eigenvalue weighted by Gasteiger charge is -2.08. The number of aromatic nitrogens is 1. The van der Waals surface area contributed by atoms with E-state index < -0.39 is 0 Å². The van der Waals surface area contributed by atoms with Crippen LogP contribution in [-0.2, 0) is 6.54 Å². The van der Waals surface area contributed by atoms with Crippen molar-refractivity contribution >= 4 is 47.4 Å². The number of aryl methyl sites for hydroxylation is 2. The predicted octanol–water partition coefficient (Wildman–Crippen LogP) is 3.97. The topological polar surface area (TPSA) is 63.3 Å². The van der Waals surface area contributed by atoms with Gasteiger partial charge in [0.05, 0.1) is 11.6 Å². The van der Waals surface area contributed by atoms with E-state index >= 15 is 0 Å². The zero-order valence-corrected chi connectivity index (χ0v) is 16.1. The number of rotatable bonds is 4. The van der Waals surface area contributed by atoms with Gasteiger partial charge in [-0.05, 0) is 61.1 Å². The van der Waals surface area contributed by atoms with E-state index in [1.807, 2.05) is 24.5 Å². The van der Waals surface area contributed by atoms with Gasteiger partial charge >= 0.3 is 0 Å². The summed E-state index contributed by atoms with van der Waals surface area (Å²) in [7, 11) is 0. The Hall–Kier alpha value is -1.28. The second kappa shape index (κ2) is 8.99. The van der Waals surface area contributed by atoms with Gasteiger partial charge in [0.2, 0.25) is 0 Å². The fraction of sp³-hybridized carbons (Fsp3) is 0.250. The van der Waals surface area contributed by atoms with Crippen LogP contribution < -0.4 is 11.1 Å². The first kappa shape index (κ1) is 18.8. The second-order valence-electron chi connectivity index (χ2n) is 4.83. The minimum Gasteiger partial charge on any atom is -0.370 e. The number of halogens is 1. The van der Waals surface area contributed by atoms with Crippen molar-refractivity contribution in [2.75, 3.05) is 11.6 Å². The molecule has 118 valence electrons. The van der Waals surface area contributed by atoms with Gasteiger partial charge in [-0.25, -0.2) is 9.98 Å². The summed E-state index contributed by atoms with van der Waals surface area (Å²) in [5, 5.41) is 4.10. The molecule has 0 spiro atoms. The quantitative estimate of drug-likeness (QED) is 0.335. The van der Waals surface area contributed by atoms with Gasteiger partial charge < -0.3 is 11.1 Å². The number of guanidine groups is 1. The third kappa shape index (κ3) is 5.49. The van der Waals surface area contributed by atoms with Crippen LogP contribution in [0, 0.1) is 13.8 Å². The van der Waals surface area contributed by atoms with Crippen LogP contribution in [-0.4, -0.2) is 17.2 Å². The molecule has 2 rings (SSSR count). The number of aliphatic imine (C=N–C) groups is 1. The molecule has 0 fully saturated rings. The van der Waals surface area contributed by atoms with Crippen molar-refractivity contribution in [1.29, 1.82) is 0 Å². The first-order valence-electron chi connectivity index (χ1n) is 6.71. The van der Waals surface area contributed by atoms with Crippen molar-refractivity contribution in [2.45, 2.75) is 25.4 Å². The SMILES string of the molecule is CSc1cc(CN=C(N)Nc2ccc(C)c(C)c2)ccn1.I. The van der Waals surface area contributed by atoms with Crippen LogP contribution in [0.2, 0.25) is 0 Å². The average molecular weight is 428 g/mol. The largest absolute Gasteiger partial charge is 0.370 e. The first-order chi connectivity index (χ1) is 10.1. The van der Waals surface area contributed by atoms with Gasteiger partial charge in [-0.3, -0.25) is 0 Å². The zero-order chi connectivity index (χ0) is 15.2. The lowest BCUT2D eigenvalue weighted by Crippen LogP contribution is -2.22. The molecule has 0 radical (unpaired) electrons. The van der Waals surface area contributed by atoms with Crippen molar-refractivity contribution in [3.8, 4) is 0 Å². The Morgan fingerprint density at radius 2 is 2.00 bits per heavy atom. The number of benzene rings is 1. The molecular weight excluding hydrogens is 407 g/mol. The average Bonchev–Trinajstić information content (AvgIpc) is 2.49. The molecule has 0 aliphatic carbocycles. The molecule has 3 N–H and O–H groups in total. The monoisotopic (exact) mass is 428 g/mol. The Morgan fingerprint density at radius 1 is 1.23 bits per heavy atom. The maximum Gasteiger partial charge on any atom is 0.193 e. The van der Waals surface area contributed by atoms with Gasteiger partial charge in [-0.1, -0.05) is 6.07 Å². The number of thioether (sulfide) groups is 1. The molecule has 0 bridgehead atoms. The maximum absolute atomic E-state index is 5.93. The molecule has 0 saturated carbocycles. The molecule has 1 aromatic heterocycles. The zero-order valence-electron chi connectivity index (χ0n) is 13.0. The van der Waals surface area contributed by atoms with E-state index in [2.05, 4.69) is 41.3 Å². The van der Waals surface area contributed by atoms with E-state index in [-0.39, 0.29) is 24.0 Å².